The summed E-state index contributed by atoms with van der Waals surface area (Å²) in [5.41, 5.74) is 0.697. The Hall–Kier alpha value is -0.690. The summed E-state index contributed by atoms with van der Waals surface area (Å²) in [5, 5.41) is 0.319. The Morgan fingerprint density at radius 1 is 1.45 bits per heavy atom. The molecule has 1 aromatic rings. The van der Waals surface area contributed by atoms with E-state index < -0.39 is 10.0 Å². The minimum atomic E-state index is -3.13. The van der Waals surface area contributed by atoms with Gasteiger partial charge in [0, 0.05) is 18.1 Å². The van der Waals surface area contributed by atoms with Gasteiger partial charge < -0.3 is 4.74 Å². The maximum absolute atomic E-state index is 12.9. The first-order chi connectivity index (χ1) is 9.42. The summed E-state index contributed by atoms with van der Waals surface area (Å²) in [6.45, 7) is 2.84. The number of halogens is 2. The lowest BCUT2D eigenvalue weighted by molar-refractivity contribution is -0.0295. The zero-order chi connectivity index (χ0) is 14.8. The van der Waals surface area contributed by atoms with E-state index in [4.69, 9.17) is 16.3 Å². The molecule has 0 spiro atoms. The molecule has 4 nitrogen and oxygen atoms in total. The second-order valence-electron chi connectivity index (χ2n) is 4.80. The van der Waals surface area contributed by atoms with Gasteiger partial charge in [-0.3, -0.25) is 0 Å². The van der Waals surface area contributed by atoms with Crippen LogP contribution in [0.15, 0.2) is 18.2 Å². The summed E-state index contributed by atoms with van der Waals surface area (Å²) in [4.78, 5) is 0. The minimum absolute atomic E-state index is 0.122. The Labute approximate surface area is 123 Å². The van der Waals surface area contributed by atoms with Crippen LogP contribution in [0.2, 0.25) is 5.02 Å². The van der Waals surface area contributed by atoms with E-state index in [0.717, 1.165) is 0 Å². The van der Waals surface area contributed by atoms with Crippen LogP contribution < -0.4 is 0 Å². The van der Waals surface area contributed by atoms with E-state index in [1.165, 1.54) is 16.4 Å². The van der Waals surface area contributed by atoms with Gasteiger partial charge >= 0.3 is 0 Å². The van der Waals surface area contributed by atoms with Crippen molar-refractivity contribution >= 4 is 21.6 Å². The SMILES string of the molecule is CCCS(=O)(=O)N1CC(OCc2ccc(F)cc2Cl)C1. The van der Waals surface area contributed by atoms with Crippen LogP contribution >= 0.6 is 11.6 Å². The minimum Gasteiger partial charge on any atom is -0.371 e. The van der Waals surface area contributed by atoms with Crippen molar-refractivity contribution in [1.29, 1.82) is 0 Å². The molecule has 1 aliphatic heterocycles. The highest BCUT2D eigenvalue weighted by Crippen LogP contribution is 2.22. The number of sulfonamides is 1. The zero-order valence-electron chi connectivity index (χ0n) is 11.2. The zero-order valence-corrected chi connectivity index (χ0v) is 12.8. The maximum Gasteiger partial charge on any atom is 0.214 e. The van der Waals surface area contributed by atoms with Gasteiger partial charge in [-0.25, -0.2) is 12.8 Å². The van der Waals surface area contributed by atoms with Crippen LogP contribution in [0.4, 0.5) is 4.39 Å². The molecule has 1 heterocycles. The molecule has 0 radical (unpaired) electrons. The molecule has 112 valence electrons. The molecule has 2 rings (SSSR count). The van der Waals surface area contributed by atoms with Crippen molar-refractivity contribution in [3.05, 3.63) is 34.6 Å². The molecule has 1 fully saturated rings. The molecule has 0 N–H and O–H groups in total. The van der Waals surface area contributed by atoms with Crippen molar-refractivity contribution in [2.24, 2.45) is 0 Å². The Balaban J connectivity index is 1.81. The lowest BCUT2D eigenvalue weighted by Gasteiger charge is -2.37. The standard InChI is InChI=1S/C13H17ClFNO3S/c1-2-5-20(17,18)16-7-12(8-16)19-9-10-3-4-11(15)6-13(10)14/h3-4,6,12H,2,5,7-9H2,1H3. The predicted molar refractivity (Wildman–Crippen MR) is 75.6 cm³/mol. The lowest BCUT2D eigenvalue weighted by atomic mass is 10.2. The molecule has 0 aliphatic carbocycles. The maximum atomic E-state index is 12.9. The van der Waals surface area contributed by atoms with Gasteiger partial charge in [-0.05, 0) is 24.1 Å². The molecule has 20 heavy (non-hydrogen) atoms. The van der Waals surface area contributed by atoms with E-state index in [0.29, 0.717) is 30.1 Å². The molecular weight excluding hydrogens is 305 g/mol. The van der Waals surface area contributed by atoms with Crippen LogP contribution in [0.1, 0.15) is 18.9 Å². The molecule has 0 saturated carbocycles. The molecule has 0 atom stereocenters. The van der Waals surface area contributed by atoms with Crippen molar-refractivity contribution in [3.63, 3.8) is 0 Å². The van der Waals surface area contributed by atoms with Gasteiger partial charge in [0.2, 0.25) is 10.0 Å². The van der Waals surface area contributed by atoms with E-state index >= 15 is 0 Å². The first kappa shape index (κ1) is 15.7. The number of rotatable bonds is 6. The third-order valence-corrected chi connectivity index (χ3v) is 5.52. The monoisotopic (exact) mass is 321 g/mol. The van der Waals surface area contributed by atoms with E-state index in [1.807, 2.05) is 6.92 Å². The number of ether oxygens (including phenoxy) is 1. The summed E-state index contributed by atoms with van der Waals surface area (Å²) in [6, 6.07) is 4.13. The summed E-state index contributed by atoms with van der Waals surface area (Å²) in [7, 11) is -3.13. The average molecular weight is 322 g/mol. The molecule has 0 aromatic heterocycles. The van der Waals surface area contributed by atoms with Crippen LogP contribution in [0.25, 0.3) is 0 Å². The van der Waals surface area contributed by atoms with Crippen LogP contribution in [-0.2, 0) is 21.4 Å². The highest BCUT2D eigenvalue weighted by molar-refractivity contribution is 7.89. The van der Waals surface area contributed by atoms with Crippen LogP contribution in [0, 0.1) is 5.82 Å². The van der Waals surface area contributed by atoms with Crippen molar-refractivity contribution in [2.45, 2.75) is 26.1 Å². The summed E-state index contributed by atoms with van der Waals surface area (Å²) >= 11 is 5.89. The smallest absolute Gasteiger partial charge is 0.214 e. The summed E-state index contributed by atoms with van der Waals surface area (Å²) < 4.78 is 43.3. The van der Waals surface area contributed by atoms with Crippen molar-refractivity contribution in [2.75, 3.05) is 18.8 Å². The van der Waals surface area contributed by atoms with Gasteiger partial charge in [0.05, 0.1) is 18.5 Å². The predicted octanol–water partition coefficient (Wildman–Crippen LogP) is 2.42. The number of benzene rings is 1. The van der Waals surface area contributed by atoms with Gasteiger partial charge in [0.15, 0.2) is 0 Å². The third-order valence-electron chi connectivity index (χ3n) is 3.16. The van der Waals surface area contributed by atoms with Crippen LogP contribution in [0.5, 0.6) is 0 Å². The van der Waals surface area contributed by atoms with E-state index in [-0.39, 0.29) is 24.3 Å². The van der Waals surface area contributed by atoms with Crippen molar-refractivity contribution < 1.29 is 17.5 Å². The van der Waals surface area contributed by atoms with Crippen molar-refractivity contribution in [1.82, 2.24) is 4.31 Å². The second-order valence-corrected chi connectivity index (χ2v) is 7.30. The van der Waals surface area contributed by atoms with Crippen LogP contribution in [-0.4, -0.2) is 37.7 Å². The van der Waals surface area contributed by atoms with Gasteiger partial charge in [-0.15, -0.1) is 0 Å². The fourth-order valence-electron chi connectivity index (χ4n) is 1.97. The fraction of sp³-hybridized carbons (Fsp3) is 0.538. The molecule has 0 unspecified atom stereocenters. The molecule has 1 aliphatic rings. The second kappa shape index (κ2) is 6.39. The van der Waals surface area contributed by atoms with Crippen LogP contribution in [0.3, 0.4) is 0 Å². The quantitative estimate of drug-likeness (QED) is 0.808. The van der Waals surface area contributed by atoms with Gasteiger partial charge in [0.1, 0.15) is 5.82 Å². The van der Waals surface area contributed by atoms with Gasteiger partial charge in [-0.2, -0.15) is 4.31 Å². The Morgan fingerprint density at radius 2 is 2.15 bits per heavy atom. The Kier molecular flexibility index (Phi) is 5.01. The fourth-order valence-corrected chi connectivity index (χ4v) is 3.75. The Bertz CT molecular complexity index is 573. The molecular formula is C13H17ClFNO3S. The lowest BCUT2D eigenvalue weighted by Crippen LogP contribution is -2.55. The Morgan fingerprint density at radius 3 is 2.75 bits per heavy atom. The normalized spacial score (nSPS) is 17.1. The van der Waals surface area contributed by atoms with Gasteiger partial charge in [0.25, 0.3) is 0 Å². The topological polar surface area (TPSA) is 46.6 Å². The third kappa shape index (κ3) is 3.69. The molecule has 0 bridgehead atoms. The number of nitrogens with zero attached hydrogens (tertiary/aromatic N) is 1. The molecule has 1 saturated heterocycles. The molecule has 1 aromatic carbocycles. The van der Waals surface area contributed by atoms with E-state index in [2.05, 4.69) is 0 Å². The van der Waals surface area contributed by atoms with Gasteiger partial charge in [-0.1, -0.05) is 24.6 Å². The molecule has 7 heteroatoms. The largest absolute Gasteiger partial charge is 0.371 e. The average Bonchev–Trinajstić information content (AvgIpc) is 2.29. The highest BCUT2D eigenvalue weighted by Gasteiger charge is 2.35. The van der Waals surface area contributed by atoms with E-state index in [1.54, 1.807) is 6.07 Å². The highest BCUT2D eigenvalue weighted by atomic mass is 35.5. The molecule has 0 amide bonds. The summed E-state index contributed by atoms with van der Waals surface area (Å²) in [5.74, 6) is -0.219. The summed E-state index contributed by atoms with van der Waals surface area (Å²) in [6.07, 6.45) is 0.484. The first-order valence-corrected chi connectivity index (χ1v) is 8.44. The van der Waals surface area contributed by atoms with Crippen molar-refractivity contribution in [3.8, 4) is 0 Å². The van der Waals surface area contributed by atoms with E-state index in [9.17, 15) is 12.8 Å². The number of hydrogen-bond acceptors (Lipinski definition) is 3. The number of hydrogen-bond donors (Lipinski definition) is 0. The first-order valence-electron chi connectivity index (χ1n) is 6.45.